The molecule has 0 atom stereocenters. The van der Waals surface area contributed by atoms with E-state index in [1.165, 1.54) is 5.56 Å². The second-order valence-corrected chi connectivity index (χ2v) is 5.21. The van der Waals surface area contributed by atoms with Crippen LogP contribution in [0.1, 0.15) is 11.1 Å². The zero-order valence-corrected chi connectivity index (χ0v) is 12.2. The quantitative estimate of drug-likeness (QED) is 0.836. The van der Waals surface area contributed by atoms with E-state index in [-0.39, 0.29) is 0 Å². The highest BCUT2D eigenvalue weighted by atomic mass is 79.9. The van der Waals surface area contributed by atoms with Crippen LogP contribution in [0.2, 0.25) is 0 Å². The lowest BCUT2D eigenvalue weighted by Gasteiger charge is -2.11. The number of hydrogen-bond donors (Lipinski definition) is 2. The average Bonchev–Trinajstić information content (AvgIpc) is 2.38. The molecule has 0 unspecified atom stereocenters. The molecule has 2 aromatic rings. The van der Waals surface area contributed by atoms with E-state index in [2.05, 4.69) is 33.4 Å². The summed E-state index contributed by atoms with van der Waals surface area (Å²) in [6, 6.07) is 13.9. The summed E-state index contributed by atoms with van der Waals surface area (Å²) >= 11 is 3.51. The summed E-state index contributed by atoms with van der Waals surface area (Å²) in [5.74, 6) is 0. The van der Waals surface area contributed by atoms with Gasteiger partial charge in [0.15, 0.2) is 0 Å². The van der Waals surface area contributed by atoms with Crippen molar-refractivity contribution in [2.24, 2.45) is 0 Å². The number of nitrogen functional groups attached to an aromatic ring is 1. The SMILES string of the molecule is Cc1ccc(Br)c(Nc2ccc(N)c(CC#N)c2)c1. The predicted molar refractivity (Wildman–Crippen MR) is 82.3 cm³/mol. The van der Waals surface area contributed by atoms with Crippen LogP contribution in [-0.4, -0.2) is 0 Å². The summed E-state index contributed by atoms with van der Waals surface area (Å²) in [7, 11) is 0. The standard InChI is InChI=1S/C15H14BrN3/c1-10-2-4-13(16)15(8-10)19-12-3-5-14(18)11(9-12)6-7-17/h2-5,8-9,19H,6,18H2,1H3. The number of aryl methyl sites for hydroxylation is 1. The van der Waals surface area contributed by atoms with Crippen molar-refractivity contribution < 1.29 is 0 Å². The van der Waals surface area contributed by atoms with Gasteiger partial charge in [-0.25, -0.2) is 0 Å². The van der Waals surface area contributed by atoms with Gasteiger partial charge in [-0.15, -0.1) is 0 Å². The highest BCUT2D eigenvalue weighted by Crippen LogP contribution is 2.28. The summed E-state index contributed by atoms with van der Waals surface area (Å²) in [4.78, 5) is 0. The van der Waals surface area contributed by atoms with E-state index >= 15 is 0 Å². The molecule has 0 heterocycles. The molecular formula is C15H14BrN3. The van der Waals surface area contributed by atoms with Gasteiger partial charge in [0, 0.05) is 15.8 Å². The lowest BCUT2D eigenvalue weighted by molar-refractivity contribution is 1.26. The Hall–Kier alpha value is -1.99. The minimum atomic E-state index is 0.316. The molecule has 19 heavy (non-hydrogen) atoms. The summed E-state index contributed by atoms with van der Waals surface area (Å²) in [5.41, 5.74) is 10.4. The van der Waals surface area contributed by atoms with Crippen LogP contribution in [0.15, 0.2) is 40.9 Å². The zero-order valence-electron chi connectivity index (χ0n) is 10.6. The van der Waals surface area contributed by atoms with E-state index in [1.54, 1.807) is 0 Å². The lowest BCUT2D eigenvalue weighted by atomic mass is 10.1. The highest BCUT2D eigenvalue weighted by molar-refractivity contribution is 9.10. The summed E-state index contributed by atoms with van der Waals surface area (Å²) in [6.07, 6.45) is 0.316. The van der Waals surface area contributed by atoms with Crippen LogP contribution in [0.4, 0.5) is 17.1 Å². The van der Waals surface area contributed by atoms with E-state index in [0.717, 1.165) is 21.4 Å². The van der Waals surface area contributed by atoms with Crippen molar-refractivity contribution in [1.82, 2.24) is 0 Å². The maximum Gasteiger partial charge on any atom is 0.0670 e. The number of halogens is 1. The number of rotatable bonds is 3. The van der Waals surface area contributed by atoms with Crippen molar-refractivity contribution in [3.05, 3.63) is 52.0 Å². The molecule has 0 aliphatic heterocycles. The molecule has 0 bridgehead atoms. The van der Waals surface area contributed by atoms with Gasteiger partial charge in [0.05, 0.1) is 18.2 Å². The third kappa shape index (κ3) is 3.27. The molecule has 0 spiro atoms. The van der Waals surface area contributed by atoms with E-state index in [9.17, 15) is 0 Å². The van der Waals surface area contributed by atoms with Gasteiger partial charge in [-0.05, 0) is 64.3 Å². The number of hydrogen-bond acceptors (Lipinski definition) is 3. The number of nitriles is 1. The Kier molecular flexibility index (Phi) is 4.08. The molecule has 3 N–H and O–H groups in total. The molecular weight excluding hydrogens is 302 g/mol. The minimum Gasteiger partial charge on any atom is -0.398 e. The van der Waals surface area contributed by atoms with E-state index in [0.29, 0.717) is 12.1 Å². The van der Waals surface area contributed by atoms with E-state index in [1.807, 2.05) is 37.3 Å². The molecule has 2 aromatic carbocycles. The topological polar surface area (TPSA) is 61.8 Å². The zero-order chi connectivity index (χ0) is 13.8. The molecule has 2 rings (SSSR count). The van der Waals surface area contributed by atoms with Crippen molar-refractivity contribution >= 4 is 33.0 Å². The van der Waals surface area contributed by atoms with Crippen LogP contribution in [-0.2, 0) is 6.42 Å². The molecule has 0 saturated carbocycles. The second kappa shape index (κ2) is 5.77. The van der Waals surface area contributed by atoms with Gasteiger partial charge in [-0.2, -0.15) is 5.26 Å². The van der Waals surface area contributed by atoms with Crippen LogP contribution >= 0.6 is 15.9 Å². The number of nitrogens with two attached hydrogens (primary N) is 1. The van der Waals surface area contributed by atoms with Crippen LogP contribution in [0, 0.1) is 18.3 Å². The fourth-order valence-electron chi connectivity index (χ4n) is 1.81. The molecule has 0 radical (unpaired) electrons. The fourth-order valence-corrected chi connectivity index (χ4v) is 2.16. The maximum atomic E-state index is 8.77. The molecule has 0 saturated heterocycles. The van der Waals surface area contributed by atoms with Gasteiger partial charge < -0.3 is 11.1 Å². The predicted octanol–water partition coefficient (Wildman–Crippen LogP) is 4.15. The van der Waals surface area contributed by atoms with E-state index < -0.39 is 0 Å². The number of anilines is 3. The average molecular weight is 316 g/mol. The van der Waals surface area contributed by atoms with Gasteiger partial charge >= 0.3 is 0 Å². The first-order valence-corrected chi connectivity index (χ1v) is 6.68. The molecule has 4 heteroatoms. The Balaban J connectivity index is 2.31. The molecule has 0 amide bonds. The van der Waals surface area contributed by atoms with Gasteiger partial charge in [-0.1, -0.05) is 6.07 Å². The first-order chi connectivity index (χ1) is 9.10. The van der Waals surface area contributed by atoms with Crippen molar-refractivity contribution in [2.45, 2.75) is 13.3 Å². The molecule has 96 valence electrons. The van der Waals surface area contributed by atoms with Gasteiger partial charge in [0.1, 0.15) is 0 Å². The summed E-state index contributed by atoms with van der Waals surface area (Å²) in [5, 5.41) is 12.1. The van der Waals surface area contributed by atoms with Crippen molar-refractivity contribution in [2.75, 3.05) is 11.1 Å². The number of nitrogens with zero attached hydrogens (tertiary/aromatic N) is 1. The largest absolute Gasteiger partial charge is 0.398 e. The van der Waals surface area contributed by atoms with Crippen molar-refractivity contribution in [3.8, 4) is 6.07 Å². The van der Waals surface area contributed by atoms with Gasteiger partial charge in [0.25, 0.3) is 0 Å². The monoisotopic (exact) mass is 315 g/mol. The lowest BCUT2D eigenvalue weighted by Crippen LogP contribution is -1.97. The van der Waals surface area contributed by atoms with Crippen molar-refractivity contribution in [3.63, 3.8) is 0 Å². The fraction of sp³-hybridized carbons (Fsp3) is 0.133. The summed E-state index contributed by atoms with van der Waals surface area (Å²) < 4.78 is 0.997. The Morgan fingerprint density at radius 1 is 1.26 bits per heavy atom. The number of nitrogens with one attached hydrogen (secondary N) is 1. The molecule has 3 nitrogen and oxygen atoms in total. The third-order valence-corrected chi connectivity index (χ3v) is 3.50. The van der Waals surface area contributed by atoms with Gasteiger partial charge in [-0.3, -0.25) is 0 Å². The molecule has 0 fully saturated rings. The third-order valence-electron chi connectivity index (χ3n) is 2.81. The van der Waals surface area contributed by atoms with Crippen LogP contribution in [0.3, 0.4) is 0 Å². The first kappa shape index (κ1) is 13.4. The Morgan fingerprint density at radius 2 is 2.05 bits per heavy atom. The van der Waals surface area contributed by atoms with Crippen molar-refractivity contribution in [1.29, 1.82) is 5.26 Å². The van der Waals surface area contributed by atoms with Crippen LogP contribution < -0.4 is 11.1 Å². The highest BCUT2D eigenvalue weighted by Gasteiger charge is 2.04. The van der Waals surface area contributed by atoms with Crippen LogP contribution in [0.5, 0.6) is 0 Å². The number of benzene rings is 2. The summed E-state index contributed by atoms with van der Waals surface area (Å²) in [6.45, 7) is 2.04. The van der Waals surface area contributed by atoms with Crippen LogP contribution in [0.25, 0.3) is 0 Å². The Labute approximate surface area is 121 Å². The smallest absolute Gasteiger partial charge is 0.0670 e. The molecule has 0 aliphatic carbocycles. The Bertz CT molecular complexity index is 644. The Morgan fingerprint density at radius 3 is 2.79 bits per heavy atom. The van der Waals surface area contributed by atoms with E-state index in [4.69, 9.17) is 11.0 Å². The first-order valence-electron chi connectivity index (χ1n) is 5.88. The minimum absolute atomic E-state index is 0.316. The maximum absolute atomic E-state index is 8.77. The van der Waals surface area contributed by atoms with Gasteiger partial charge in [0.2, 0.25) is 0 Å². The second-order valence-electron chi connectivity index (χ2n) is 4.36. The molecule has 0 aliphatic rings. The molecule has 0 aromatic heterocycles. The normalized spacial score (nSPS) is 9.95.